The fourth-order valence-corrected chi connectivity index (χ4v) is 1.90. The maximum Gasteiger partial charge on any atom is 0.246 e. The van der Waals surface area contributed by atoms with Gasteiger partial charge in [-0.1, -0.05) is 0 Å². The van der Waals surface area contributed by atoms with E-state index in [1.165, 1.54) is 0 Å². The summed E-state index contributed by atoms with van der Waals surface area (Å²) in [7, 11) is 0. The van der Waals surface area contributed by atoms with E-state index in [1.54, 1.807) is 11.3 Å². The number of ether oxygens (including phenoxy) is 1. The van der Waals surface area contributed by atoms with E-state index in [0.717, 1.165) is 17.1 Å². The third-order valence-electron chi connectivity index (χ3n) is 1.82. The van der Waals surface area contributed by atoms with Gasteiger partial charge >= 0.3 is 0 Å². The minimum Gasteiger partial charge on any atom is -0.370 e. The van der Waals surface area contributed by atoms with Crippen LogP contribution >= 0.6 is 11.3 Å². The Hall–Kier alpha value is -0.980. The normalized spacial score (nSPS) is 10.4. The molecular weight excluding hydrogens is 226 g/mol. The summed E-state index contributed by atoms with van der Waals surface area (Å²) in [6, 6.07) is 0. The summed E-state index contributed by atoms with van der Waals surface area (Å²) in [5.74, 6) is -0.110. The van der Waals surface area contributed by atoms with Crippen molar-refractivity contribution in [3.05, 3.63) is 16.1 Å². The van der Waals surface area contributed by atoms with E-state index in [4.69, 9.17) is 10.5 Å². The lowest BCUT2D eigenvalue weighted by molar-refractivity contribution is -0.125. The van der Waals surface area contributed by atoms with Gasteiger partial charge in [0.25, 0.3) is 0 Å². The van der Waals surface area contributed by atoms with Gasteiger partial charge in [-0.25, -0.2) is 4.98 Å². The molecule has 1 amide bonds. The van der Waals surface area contributed by atoms with E-state index in [2.05, 4.69) is 10.3 Å². The SMILES string of the molecule is Cc1csc(CCNC(=O)COCCN)n1. The maximum absolute atomic E-state index is 11.2. The molecule has 1 heterocycles. The highest BCUT2D eigenvalue weighted by Crippen LogP contribution is 2.08. The predicted octanol–water partition coefficient (Wildman–Crippen LogP) is 0.0855. The number of rotatable bonds is 7. The largest absolute Gasteiger partial charge is 0.370 e. The third-order valence-corrected chi connectivity index (χ3v) is 2.85. The lowest BCUT2D eigenvalue weighted by atomic mass is 10.4. The molecule has 0 aliphatic rings. The minimum absolute atomic E-state index is 0.0775. The van der Waals surface area contributed by atoms with Crippen molar-refractivity contribution in [3.8, 4) is 0 Å². The summed E-state index contributed by atoms with van der Waals surface area (Å²) in [5, 5.41) is 5.81. The number of thiazole rings is 1. The molecule has 0 saturated carbocycles. The molecule has 0 atom stereocenters. The number of aromatic nitrogens is 1. The monoisotopic (exact) mass is 243 g/mol. The summed E-state index contributed by atoms with van der Waals surface area (Å²) in [6.45, 7) is 3.48. The Balaban J connectivity index is 2.08. The quantitative estimate of drug-likeness (QED) is 0.665. The second kappa shape index (κ2) is 7.32. The van der Waals surface area contributed by atoms with Crippen LogP contribution in [-0.2, 0) is 16.0 Å². The topological polar surface area (TPSA) is 77.2 Å². The first-order valence-corrected chi connectivity index (χ1v) is 6.06. The van der Waals surface area contributed by atoms with Crippen molar-refractivity contribution in [3.63, 3.8) is 0 Å². The molecule has 16 heavy (non-hydrogen) atoms. The van der Waals surface area contributed by atoms with Crippen LogP contribution in [0.25, 0.3) is 0 Å². The van der Waals surface area contributed by atoms with Gasteiger partial charge in [-0.15, -0.1) is 11.3 Å². The Labute approximate surface area is 99.0 Å². The summed E-state index contributed by atoms with van der Waals surface area (Å²) in [4.78, 5) is 15.5. The zero-order valence-electron chi connectivity index (χ0n) is 9.36. The fraction of sp³-hybridized carbons (Fsp3) is 0.600. The van der Waals surface area contributed by atoms with Gasteiger partial charge in [0.05, 0.1) is 11.6 Å². The average Bonchev–Trinajstić information content (AvgIpc) is 2.65. The molecule has 1 aromatic heterocycles. The van der Waals surface area contributed by atoms with Crippen molar-refractivity contribution >= 4 is 17.2 Å². The molecule has 1 rings (SSSR count). The van der Waals surface area contributed by atoms with Crippen LogP contribution in [0, 0.1) is 6.92 Å². The number of hydrogen-bond acceptors (Lipinski definition) is 5. The van der Waals surface area contributed by atoms with E-state index in [1.807, 2.05) is 12.3 Å². The number of nitrogens with zero attached hydrogens (tertiary/aromatic N) is 1. The molecule has 0 unspecified atom stereocenters. The zero-order valence-corrected chi connectivity index (χ0v) is 10.2. The Morgan fingerprint density at radius 1 is 1.69 bits per heavy atom. The smallest absolute Gasteiger partial charge is 0.246 e. The van der Waals surface area contributed by atoms with Gasteiger partial charge in [-0.2, -0.15) is 0 Å². The van der Waals surface area contributed by atoms with Crippen molar-refractivity contribution in [2.75, 3.05) is 26.3 Å². The lowest BCUT2D eigenvalue weighted by Gasteiger charge is -2.04. The molecule has 0 radical (unpaired) electrons. The fourth-order valence-electron chi connectivity index (χ4n) is 1.13. The van der Waals surface area contributed by atoms with Crippen LogP contribution in [0.1, 0.15) is 10.7 Å². The zero-order chi connectivity index (χ0) is 11.8. The van der Waals surface area contributed by atoms with Gasteiger partial charge < -0.3 is 15.8 Å². The predicted molar refractivity (Wildman–Crippen MR) is 63.4 cm³/mol. The van der Waals surface area contributed by atoms with Crippen molar-refractivity contribution in [2.45, 2.75) is 13.3 Å². The van der Waals surface area contributed by atoms with E-state index in [-0.39, 0.29) is 12.5 Å². The minimum atomic E-state index is -0.110. The van der Waals surface area contributed by atoms with Gasteiger partial charge in [0, 0.05) is 30.6 Å². The maximum atomic E-state index is 11.2. The standard InChI is InChI=1S/C10H17N3O2S/c1-8-7-16-10(13-8)2-4-12-9(14)6-15-5-3-11/h7H,2-6,11H2,1H3,(H,12,14). The number of nitrogens with one attached hydrogen (secondary N) is 1. The molecule has 0 saturated heterocycles. The van der Waals surface area contributed by atoms with E-state index in [9.17, 15) is 4.79 Å². The Bertz CT molecular complexity index is 328. The summed E-state index contributed by atoms with van der Waals surface area (Å²) in [5.41, 5.74) is 6.26. The van der Waals surface area contributed by atoms with Crippen molar-refractivity contribution in [1.82, 2.24) is 10.3 Å². The van der Waals surface area contributed by atoms with Crippen LogP contribution < -0.4 is 11.1 Å². The van der Waals surface area contributed by atoms with Crippen molar-refractivity contribution in [2.24, 2.45) is 5.73 Å². The summed E-state index contributed by atoms with van der Waals surface area (Å²) < 4.78 is 5.00. The molecule has 0 spiro atoms. The van der Waals surface area contributed by atoms with Crippen LogP contribution in [0.4, 0.5) is 0 Å². The first-order chi connectivity index (χ1) is 7.72. The number of nitrogens with two attached hydrogens (primary N) is 1. The number of hydrogen-bond donors (Lipinski definition) is 2. The molecule has 0 fully saturated rings. The number of carbonyl (C=O) groups excluding carboxylic acids is 1. The Morgan fingerprint density at radius 2 is 2.50 bits per heavy atom. The molecule has 0 aromatic carbocycles. The van der Waals surface area contributed by atoms with Crippen LogP contribution in [0.2, 0.25) is 0 Å². The highest BCUT2D eigenvalue weighted by Gasteiger charge is 2.02. The van der Waals surface area contributed by atoms with Gasteiger partial charge in [0.15, 0.2) is 0 Å². The van der Waals surface area contributed by atoms with Gasteiger partial charge in [-0.05, 0) is 6.92 Å². The first kappa shape index (κ1) is 13.1. The Kier molecular flexibility index (Phi) is 5.99. The molecule has 3 N–H and O–H groups in total. The van der Waals surface area contributed by atoms with Crippen molar-refractivity contribution < 1.29 is 9.53 Å². The molecular formula is C10H17N3O2S. The molecule has 5 nitrogen and oxygen atoms in total. The lowest BCUT2D eigenvalue weighted by Crippen LogP contribution is -2.30. The van der Waals surface area contributed by atoms with Crippen LogP contribution in [0.3, 0.4) is 0 Å². The molecule has 1 aromatic rings. The first-order valence-electron chi connectivity index (χ1n) is 5.18. The number of aryl methyl sites for hydroxylation is 1. The molecule has 0 aliphatic heterocycles. The van der Waals surface area contributed by atoms with Crippen LogP contribution in [0.5, 0.6) is 0 Å². The van der Waals surface area contributed by atoms with Gasteiger partial charge in [0.1, 0.15) is 6.61 Å². The Morgan fingerprint density at radius 3 is 3.12 bits per heavy atom. The summed E-state index contributed by atoms with van der Waals surface area (Å²) in [6.07, 6.45) is 0.765. The van der Waals surface area contributed by atoms with E-state index in [0.29, 0.717) is 19.7 Å². The van der Waals surface area contributed by atoms with Crippen molar-refractivity contribution in [1.29, 1.82) is 0 Å². The second-order valence-corrected chi connectivity index (χ2v) is 4.27. The van der Waals surface area contributed by atoms with Gasteiger partial charge in [-0.3, -0.25) is 4.79 Å². The summed E-state index contributed by atoms with van der Waals surface area (Å²) >= 11 is 1.61. The van der Waals surface area contributed by atoms with Crippen LogP contribution in [-0.4, -0.2) is 37.2 Å². The third kappa shape index (κ3) is 5.20. The second-order valence-electron chi connectivity index (χ2n) is 3.32. The molecule has 0 bridgehead atoms. The highest BCUT2D eigenvalue weighted by molar-refractivity contribution is 7.09. The number of carbonyl (C=O) groups is 1. The van der Waals surface area contributed by atoms with E-state index >= 15 is 0 Å². The highest BCUT2D eigenvalue weighted by atomic mass is 32.1. The molecule has 6 heteroatoms. The molecule has 90 valence electrons. The van der Waals surface area contributed by atoms with E-state index < -0.39 is 0 Å². The molecule has 0 aliphatic carbocycles. The van der Waals surface area contributed by atoms with Crippen LogP contribution in [0.15, 0.2) is 5.38 Å². The number of amides is 1. The average molecular weight is 243 g/mol. The van der Waals surface area contributed by atoms with Gasteiger partial charge in [0.2, 0.25) is 5.91 Å².